The van der Waals surface area contributed by atoms with Crippen LogP contribution in [0.4, 0.5) is 4.79 Å². The standard InChI is InChI=1S/C8H11N2O.BrH/c1-9(2)8(11)10-6-4-3-5-7-10;/h3-7H,1-2H3;1H/q+1;/p-1. The van der Waals surface area contributed by atoms with E-state index < -0.39 is 0 Å². The van der Waals surface area contributed by atoms with Gasteiger partial charge in [-0.15, -0.1) is 0 Å². The van der Waals surface area contributed by atoms with Crippen LogP contribution in [0.25, 0.3) is 0 Å². The molecule has 0 N–H and O–H groups in total. The van der Waals surface area contributed by atoms with E-state index in [4.69, 9.17) is 0 Å². The summed E-state index contributed by atoms with van der Waals surface area (Å²) < 4.78 is 1.53. The molecule has 66 valence electrons. The highest BCUT2D eigenvalue weighted by Crippen LogP contribution is 1.80. The van der Waals surface area contributed by atoms with Crippen LogP contribution in [0.2, 0.25) is 0 Å². The fourth-order valence-electron chi connectivity index (χ4n) is 0.757. The zero-order valence-electron chi connectivity index (χ0n) is 7.07. The second-order valence-corrected chi connectivity index (χ2v) is 2.46. The molecule has 0 unspecified atom stereocenters. The van der Waals surface area contributed by atoms with E-state index in [9.17, 15) is 4.79 Å². The van der Waals surface area contributed by atoms with Gasteiger partial charge in [0.05, 0.1) is 26.5 Å². The van der Waals surface area contributed by atoms with Crippen LogP contribution in [0, 0.1) is 0 Å². The highest BCUT2D eigenvalue weighted by molar-refractivity contribution is 5.63. The molecular formula is C8H11BrN2O. The van der Waals surface area contributed by atoms with Crippen LogP contribution in [0.5, 0.6) is 0 Å². The lowest BCUT2D eigenvalue weighted by Gasteiger charge is -2.01. The van der Waals surface area contributed by atoms with E-state index in [1.165, 1.54) is 9.47 Å². The van der Waals surface area contributed by atoms with Crippen LogP contribution in [0.15, 0.2) is 30.6 Å². The van der Waals surface area contributed by atoms with Gasteiger partial charge in [-0.1, -0.05) is 6.07 Å². The summed E-state index contributed by atoms with van der Waals surface area (Å²) in [4.78, 5) is 12.8. The molecule has 0 saturated carbocycles. The summed E-state index contributed by atoms with van der Waals surface area (Å²) in [6.45, 7) is 0. The molecule has 0 aliphatic rings. The van der Waals surface area contributed by atoms with Crippen LogP contribution in [-0.2, 0) is 0 Å². The summed E-state index contributed by atoms with van der Waals surface area (Å²) >= 11 is 0. The summed E-state index contributed by atoms with van der Waals surface area (Å²) in [6, 6.07) is 5.48. The van der Waals surface area contributed by atoms with Crippen molar-refractivity contribution in [3.63, 3.8) is 0 Å². The fraction of sp³-hybridized carbons (Fsp3) is 0.250. The summed E-state index contributed by atoms with van der Waals surface area (Å²) in [5.74, 6) is 0. The zero-order valence-corrected chi connectivity index (χ0v) is 8.65. The van der Waals surface area contributed by atoms with Crippen molar-refractivity contribution in [2.24, 2.45) is 0 Å². The first kappa shape index (κ1) is 11.1. The summed E-state index contributed by atoms with van der Waals surface area (Å²) in [5.41, 5.74) is 0. The number of hydrogen-bond donors (Lipinski definition) is 0. The topological polar surface area (TPSA) is 24.2 Å². The Morgan fingerprint density at radius 2 is 1.67 bits per heavy atom. The van der Waals surface area contributed by atoms with Crippen molar-refractivity contribution in [2.45, 2.75) is 0 Å². The Kier molecular flexibility index (Phi) is 4.51. The molecule has 0 bridgehead atoms. The number of hydrogen-bond acceptors (Lipinski definition) is 1. The molecule has 12 heavy (non-hydrogen) atoms. The van der Waals surface area contributed by atoms with Gasteiger partial charge in [-0.3, -0.25) is 0 Å². The third kappa shape index (κ3) is 2.62. The van der Waals surface area contributed by atoms with Gasteiger partial charge < -0.3 is 17.0 Å². The molecule has 3 nitrogen and oxygen atoms in total. The highest BCUT2D eigenvalue weighted by Gasteiger charge is 2.13. The van der Waals surface area contributed by atoms with Gasteiger partial charge in [-0.05, 0) is 12.1 Å². The Labute approximate surface area is 82.4 Å². The van der Waals surface area contributed by atoms with Crippen molar-refractivity contribution in [1.82, 2.24) is 4.90 Å². The number of rotatable bonds is 0. The number of halogens is 1. The summed E-state index contributed by atoms with van der Waals surface area (Å²) in [7, 11) is 3.45. The average molecular weight is 231 g/mol. The molecule has 0 aliphatic heterocycles. The van der Waals surface area contributed by atoms with Gasteiger partial charge in [0.2, 0.25) is 0 Å². The minimum absolute atomic E-state index is 0. The predicted molar refractivity (Wildman–Crippen MR) is 41.1 cm³/mol. The molecule has 0 atom stereocenters. The normalized spacial score (nSPS) is 8.50. The van der Waals surface area contributed by atoms with Gasteiger partial charge in [0.15, 0.2) is 0 Å². The summed E-state index contributed by atoms with van der Waals surface area (Å²) in [5, 5.41) is 0. The maximum atomic E-state index is 11.2. The maximum Gasteiger partial charge on any atom is 0.497 e. The molecule has 1 aromatic rings. The molecule has 1 heterocycles. The molecule has 1 amide bonds. The number of carbonyl (C=O) groups is 1. The molecule has 1 rings (SSSR count). The number of pyridine rings is 1. The van der Waals surface area contributed by atoms with Crippen molar-refractivity contribution in [3.05, 3.63) is 30.6 Å². The van der Waals surface area contributed by atoms with Crippen LogP contribution in [0.3, 0.4) is 0 Å². The first-order chi connectivity index (χ1) is 5.22. The molecule has 0 radical (unpaired) electrons. The first-order valence-electron chi connectivity index (χ1n) is 3.40. The van der Waals surface area contributed by atoms with Crippen LogP contribution in [-0.4, -0.2) is 25.0 Å². The van der Waals surface area contributed by atoms with E-state index in [0.717, 1.165) is 0 Å². The van der Waals surface area contributed by atoms with Crippen LogP contribution < -0.4 is 21.5 Å². The third-order valence-corrected chi connectivity index (χ3v) is 1.32. The Balaban J connectivity index is 0.00000121. The van der Waals surface area contributed by atoms with E-state index in [1.54, 1.807) is 26.5 Å². The van der Waals surface area contributed by atoms with E-state index in [0.29, 0.717) is 0 Å². The van der Waals surface area contributed by atoms with Gasteiger partial charge >= 0.3 is 6.03 Å². The monoisotopic (exact) mass is 230 g/mol. The van der Waals surface area contributed by atoms with E-state index in [-0.39, 0.29) is 23.0 Å². The smallest absolute Gasteiger partial charge is 0.497 e. The predicted octanol–water partition coefficient (Wildman–Crippen LogP) is -2.49. The van der Waals surface area contributed by atoms with Crippen LogP contribution in [0.1, 0.15) is 0 Å². The summed E-state index contributed by atoms with van der Waals surface area (Å²) in [6.07, 6.45) is 3.45. The van der Waals surface area contributed by atoms with Gasteiger partial charge in [0, 0.05) is 0 Å². The molecule has 0 spiro atoms. The lowest BCUT2D eigenvalue weighted by Crippen LogP contribution is -3.00. The van der Waals surface area contributed by atoms with E-state index >= 15 is 0 Å². The van der Waals surface area contributed by atoms with Crippen molar-refractivity contribution < 1.29 is 26.3 Å². The average Bonchev–Trinajstić information content (AvgIpc) is 2.05. The van der Waals surface area contributed by atoms with Crippen LogP contribution >= 0.6 is 0 Å². The zero-order chi connectivity index (χ0) is 8.27. The number of nitrogens with zero attached hydrogens (tertiary/aromatic N) is 2. The van der Waals surface area contributed by atoms with Crippen molar-refractivity contribution in [2.75, 3.05) is 14.1 Å². The number of aromatic nitrogens is 1. The third-order valence-electron chi connectivity index (χ3n) is 1.32. The molecule has 4 heteroatoms. The van der Waals surface area contributed by atoms with Gasteiger partial charge in [0.1, 0.15) is 0 Å². The molecule has 0 saturated heterocycles. The minimum Gasteiger partial charge on any atom is -1.00 e. The maximum absolute atomic E-state index is 11.2. The largest absolute Gasteiger partial charge is 1.00 e. The SMILES string of the molecule is CN(C)C(=O)[n+]1ccccc1.[Br-]. The molecule has 0 fully saturated rings. The number of carbonyl (C=O) groups excluding carboxylic acids is 1. The lowest BCUT2D eigenvalue weighted by molar-refractivity contribution is -0.577. The second kappa shape index (κ2) is 4.87. The van der Waals surface area contributed by atoms with Crippen molar-refractivity contribution >= 4 is 6.03 Å². The van der Waals surface area contributed by atoms with E-state index in [1.807, 2.05) is 18.2 Å². The van der Waals surface area contributed by atoms with Gasteiger partial charge in [-0.2, -0.15) is 9.36 Å². The van der Waals surface area contributed by atoms with Crippen molar-refractivity contribution in [1.29, 1.82) is 0 Å². The lowest BCUT2D eigenvalue weighted by atomic mass is 10.5. The molecular weight excluding hydrogens is 220 g/mol. The van der Waals surface area contributed by atoms with E-state index in [2.05, 4.69) is 0 Å². The second-order valence-electron chi connectivity index (χ2n) is 2.46. The number of amides is 1. The minimum atomic E-state index is -0.0365. The Hall–Kier alpha value is -0.900. The Morgan fingerprint density at radius 1 is 1.17 bits per heavy atom. The van der Waals surface area contributed by atoms with Crippen molar-refractivity contribution in [3.8, 4) is 0 Å². The molecule has 1 aromatic heterocycles. The Morgan fingerprint density at radius 3 is 2.08 bits per heavy atom. The Bertz CT molecular complexity index is 248. The van der Waals surface area contributed by atoms with Gasteiger partial charge in [0.25, 0.3) is 0 Å². The van der Waals surface area contributed by atoms with Gasteiger partial charge in [-0.25, -0.2) is 4.90 Å². The first-order valence-corrected chi connectivity index (χ1v) is 3.40. The highest BCUT2D eigenvalue weighted by atomic mass is 79.9. The molecule has 0 aliphatic carbocycles. The quantitative estimate of drug-likeness (QED) is 0.453. The fourth-order valence-corrected chi connectivity index (χ4v) is 0.757. The molecule has 0 aromatic carbocycles.